The molecular formula is C15H17FN2. The van der Waals surface area contributed by atoms with Crippen LogP contribution in [-0.4, -0.2) is 4.98 Å². The molecule has 0 aliphatic carbocycles. The van der Waals surface area contributed by atoms with Gasteiger partial charge in [0.2, 0.25) is 0 Å². The topological polar surface area (TPSA) is 24.9 Å². The van der Waals surface area contributed by atoms with Crippen LogP contribution in [0.4, 0.5) is 4.39 Å². The molecule has 94 valence electrons. The number of nitrogens with zero attached hydrogens (tertiary/aromatic N) is 1. The molecule has 1 aromatic carbocycles. The predicted octanol–water partition coefficient (Wildman–Crippen LogP) is 3.38. The van der Waals surface area contributed by atoms with Crippen molar-refractivity contribution in [3.05, 3.63) is 65.2 Å². The summed E-state index contributed by atoms with van der Waals surface area (Å²) >= 11 is 0. The molecule has 1 atom stereocenters. The number of benzene rings is 1. The lowest BCUT2D eigenvalue weighted by molar-refractivity contribution is 0.564. The Hall–Kier alpha value is -1.74. The molecular weight excluding hydrogens is 227 g/mol. The summed E-state index contributed by atoms with van der Waals surface area (Å²) in [5.74, 6) is -0.196. The predicted molar refractivity (Wildman–Crippen MR) is 70.6 cm³/mol. The van der Waals surface area contributed by atoms with Crippen molar-refractivity contribution in [1.29, 1.82) is 0 Å². The fraction of sp³-hybridized carbons (Fsp3) is 0.267. The standard InChI is InChI=1S/C15H17FN2/c1-11-6-13(9-17-8-11)10-18-12(2)14-4-3-5-15(16)7-14/h3-9,12,18H,10H2,1-2H3. The third-order valence-corrected chi connectivity index (χ3v) is 2.89. The van der Waals surface area contributed by atoms with E-state index in [-0.39, 0.29) is 11.9 Å². The van der Waals surface area contributed by atoms with Gasteiger partial charge < -0.3 is 5.32 Å². The van der Waals surface area contributed by atoms with Crippen molar-refractivity contribution in [2.75, 3.05) is 0 Å². The summed E-state index contributed by atoms with van der Waals surface area (Å²) < 4.78 is 13.1. The Labute approximate surface area is 107 Å². The van der Waals surface area contributed by atoms with Crippen molar-refractivity contribution in [2.24, 2.45) is 0 Å². The molecule has 0 bridgehead atoms. The van der Waals surface area contributed by atoms with Crippen LogP contribution in [0.25, 0.3) is 0 Å². The number of hydrogen-bond donors (Lipinski definition) is 1. The first-order valence-electron chi connectivity index (χ1n) is 6.04. The molecule has 0 spiro atoms. The van der Waals surface area contributed by atoms with Gasteiger partial charge in [-0.25, -0.2) is 4.39 Å². The number of nitrogens with one attached hydrogen (secondary N) is 1. The highest BCUT2D eigenvalue weighted by atomic mass is 19.1. The normalized spacial score (nSPS) is 12.4. The molecule has 2 aromatic rings. The lowest BCUT2D eigenvalue weighted by atomic mass is 10.1. The summed E-state index contributed by atoms with van der Waals surface area (Å²) in [4.78, 5) is 4.15. The Bertz CT molecular complexity index is 525. The van der Waals surface area contributed by atoms with E-state index in [1.54, 1.807) is 12.1 Å². The van der Waals surface area contributed by atoms with Gasteiger partial charge in [-0.1, -0.05) is 18.2 Å². The van der Waals surface area contributed by atoms with Crippen molar-refractivity contribution < 1.29 is 4.39 Å². The highest BCUT2D eigenvalue weighted by molar-refractivity contribution is 5.20. The highest BCUT2D eigenvalue weighted by Crippen LogP contribution is 2.14. The van der Waals surface area contributed by atoms with E-state index < -0.39 is 0 Å². The third kappa shape index (κ3) is 3.37. The number of hydrogen-bond acceptors (Lipinski definition) is 2. The molecule has 0 fully saturated rings. The number of aromatic nitrogens is 1. The molecule has 1 aromatic heterocycles. The average Bonchev–Trinajstić information content (AvgIpc) is 2.36. The Kier molecular flexibility index (Phi) is 4.05. The maximum atomic E-state index is 13.1. The molecule has 0 aliphatic heterocycles. The molecule has 2 nitrogen and oxygen atoms in total. The van der Waals surface area contributed by atoms with Gasteiger partial charge in [0.1, 0.15) is 5.82 Å². The van der Waals surface area contributed by atoms with Gasteiger partial charge in [0.25, 0.3) is 0 Å². The summed E-state index contributed by atoms with van der Waals surface area (Å²) in [6, 6.07) is 8.89. The van der Waals surface area contributed by atoms with Gasteiger partial charge in [-0.15, -0.1) is 0 Å². The summed E-state index contributed by atoms with van der Waals surface area (Å²) in [6.45, 7) is 4.77. The smallest absolute Gasteiger partial charge is 0.123 e. The lowest BCUT2D eigenvalue weighted by Gasteiger charge is -2.14. The first-order chi connectivity index (χ1) is 8.65. The second-order valence-corrected chi connectivity index (χ2v) is 4.53. The molecule has 3 heteroatoms. The molecule has 1 unspecified atom stereocenters. The van der Waals surface area contributed by atoms with Gasteiger partial charge in [-0.2, -0.15) is 0 Å². The Balaban J connectivity index is 1.98. The van der Waals surface area contributed by atoms with Crippen LogP contribution in [0.3, 0.4) is 0 Å². The quantitative estimate of drug-likeness (QED) is 0.891. The molecule has 2 rings (SSSR count). The van der Waals surface area contributed by atoms with Crippen molar-refractivity contribution in [2.45, 2.75) is 26.4 Å². The van der Waals surface area contributed by atoms with E-state index in [1.807, 2.05) is 32.3 Å². The molecule has 1 heterocycles. The number of pyridine rings is 1. The second-order valence-electron chi connectivity index (χ2n) is 4.53. The van der Waals surface area contributed by atoms with Crippen LogP contribution < -0.4 is 5.32 Å². The van der Waals surface area contributed by atoms with Crippen LogP contribution in [-0.2, 0) is 6.54 Å². The third-order valence-electron chi connectivity index (χ3n) is 2.89. The molecule has 0 saturated carbocycles. The Morgan fingerprint density at radius 3 is 2.83 bits per heavy atom. The fourth-order valence-corrected chi connectivity index (χ4v) is 1.88. The second kappa shape index (κ2) is 5.74. The Morgan fingerprint density at radius 2 is 2.11 bits per heavy atom. The van der Waals surface area contributed by atoms with Crippen molar-refractivity contribution in [1.82, 2.24) is 10.3 Å². The minimum atomic E-state index is -0.196. The van der Waals surface area contributed by atoms with Crippen molar-refractivity contribution in [3.63, 3.8) is 0 Å². The van der Waals surface area contributed by atoms with Crippen molar-refractivity contribution in [3.8, 4) is 0 Å². The highest BCUT2D eigenvalue weighted by Gasteiger charge is 2.05. The average molecular weight is 244 g/mol. The maximum Gasteiger partial charge on any atom is 0.123 e. The maximum absolute atomic E-state index is 13.1. The van der Waals surface area contributed by atoms with E-state index in [1.165, 1.54) is 6.07 Å². The first kappa shape index (κ1) is 12.7. The SMILES string of the molecule is Cc1cncc(CNC(C)c2cccc(F)c2)c1. The van der Waals surface area contributed by atoms with E-state index in [4.69, 9.17) is 0 Å². The summed E-state index contributed by atoms with van der Waals surface area (Å²) in [5, 5.41) is 3.36. The Morgan fingerprint density at radius 1 is 1.28 bits per heavy atom. The van der Waals surface area contributed by atoms with Crippen LogP contribution in [0, 0.1) is 12.7 Å². The summed E-state index contributed by atoms with van der Waals surface area (Å²) in [5.41, 5.74) is 3.24. The van der Waals surface area contributed by atoms with Crippen LogP contribution in [0.15, 0.2) is 42.7 Å². The van der Waals surface area contributed by atoms with Crippen LogP contribution in [0.5, 0.6) is 0 Å². The van der Waals surface area contributed by atoms with Gasteiger partial charge in [0.05, 0.1) is 0 Å². The monoisotopic (exact) mass is 244 g/mol. The zero-order valence-corrected chi connectivity index (χ0v) is 10.7. The van der Waals surface area contributed by atoms with Gasteiger partial charge >= 0.3 is 0 Å². The van der Waals surface area contributed by atoms with Gasteiger partial charge in [-0.3, -0.25) is 4.98 Å². The van der Waals surface area contributed by atoms with E-state index in [0.29, 0.717) is 0 Å². The van der Waals surface area contributed by atoms with E-state index >= 15 is 0 Å². The van der Waals surface area contributed by atoms with Crippen LogP contribution in [0.1, 0.15) is 29.7 Å². The number of rotatable bonds is 4. The van der Waals surface area contributed by atoms with E-state index in [2.05, 4.69) is 16.4 Å². The number of halogens is 1. The summed E-state index contributed by atoms with van der Waals surface area (Å²) in [7, 11) is 0. The molecule has 0 radical (unpaired) electrons. The number of aryl methyl sites for hydroxylation is 1. The van der Waals surface area contributed by atoms with Crippen molar-refractivity contribution >= 4 is 0 Å². The van der Waals surface area contributed by atoms with E-state index in [9.17, 15) is 4.39 Å². The zero-order chi connectivity index (χ0) is 13.0. The molecule has 0 aliphatic rings. The molecule has 0 amide bonds. The van der Waals surface area contributed by atoms with Gasteiger partial charge in [0.15, 0.2) is 0 Å². The summed E-state index contributed by atoms with van der Waals surface area (Å²) in [6.07, 6.45) is 3.68. The molecule has 18 heavy (non-hydrogen) atoms. The molecule has 1 N–H and O–H groups in total. The fourth-order valence-electron chi connectivity index (χ4n) is 1.88. The minimum absolute atomic E-state index is 0.112. The zero-order valence-electron chi connectivity index (χ0n) is 10.7. The van der Waals surface area contributed by atoms with Gasteiger partial charge in [-0.05, 0) is 42.7 Å². The largest absolute Gasteiger partial charge is 0.306 e. The van der Waals surface area contributed by atoms with Gasteiger partial charge in [0, 0.05) is 25.0 Å². The molecule has 0 saturated heterocycles. The van der Waals surface area contributed by atoms with E-state index in [0.717, 1.165) is 23.2 Å². The lowest BCUT2D eigenvalue weighted by Crippen LogP contribution is -2.18. The minimum Gasteiger partial charge on any atom is -0.306 e. The first-order valence-corrected chi connectivity index (χ1v) is 6.04. The van der Waals surface area contributed by atoms with Crippen LogP contribution >= 0.6 is 0 Å². The van der Waals surface area contributed by atoms with Crippen LogP contribution in [0.2, 0.25) is 0 Å².